The number of anilines is 1. The van der Waals surface area contributed by atoms with Crippen LogP contribution in [0.1, 0.15) is 62.9 Å². The molecule has 0 saturated heterocycles. The second kappa shape index (κ2) is 15.0. The maximum absolute atomic E-state index is 12.9. The Morgan fingerprint density at radius 1 is 1.08 bits per heavy atom. The van der Waals surface area contributed by atoms with Crippen molar-refractivity contribution in [3.63, 3.8) is 0 Å². The topological polar surface area (TPSA) is 96.0 Å². The molecule has 0 unspecified atom stereocenters. The average molecular weight is 531 g/mol. The van der Waals surface area contributed by atoms with Crippen molar-refractivity contribution in [1.29, 1.82) is 0 Å². The summed E-state index contributed by atoms with van der Waals surface area (Å²) < 4.78 is 5.55. The maximum Gasteiger partial charge on any atom is 0.258 e. The third kappa shape index (κ3) is 8.61. The molecule has 0 aliphatic heterocycles. The summed E-state index contributed by atoms with van der Waals surface area (Å²) in [6.45, 7) is 13.8. The first-order valence-electron chi connectivity index (χ1n) is 13.8. The molecular weight excluding hydrogens is 488 g/mol. The summed E-state index contributed by atoms with van der Waals surface area (Å²) in [5.74, 6) is 1.84. The molecule has 0 radical (unpaired) electrons. The number of aromatic nitrogens is 4. The molecule has 3 heterocycles. The van der Waals surface area contributed by atoms with Gasteiger partial charge in [-0.15, -0.1) is 0 Å². The summed E-state index contributed by atoms with van der Waals surface area (Å²) in [4.78, 5) is 31.4. The van der Waals surface area contributed by atoms with E-state index in [-0.39, 0.29) is 5.91 Å². The number of amides is 1. The van der Waals surface area contributed by atoms with Gasteiger partial charge in [0.25, 0.3) is 5.91 Å². The lowest BCUT2D eigenvalue weighted by Crippen LogP contribution is -2.21. The van der Waals surface area contributed by atoms with Gasteiger partial charge in [0.1, 0.15) is 17.3 Å². The summed E-state index contributed by atoms with van der Waals surface area (Å²) in [7, 11) is 2.21. The minimum Gasteiger partial charge on any atom is -0.492 e. The first-order valence-corrected chi connectivity index (χ1v) is 13.8. The molecule has 0 spiro atoms. The van der Waals surface area contributed by atoms with Crippen LogP contribution in [0.4, 0.5) is 5.69 Å². The highest BCUT2D eigenvalue weighted by atomic mass is 16.5. The van der Waals surface area contributed by atoms with Crippen molar-refractivity contribution in [2.45, 2.75) is 53.9 Å². The summed E-state index contributed by atoms with van der Waals surface area (Å²) >= 11 is 0. The van der Waals surface area contributed by atoms with Gasteiger partial charge in [0, 0.05) is 24.0 Å². The van der Waals surface area contributed by atoms with E-state index in [1.807, 2.05) is 38.1 Å². The third-order valence-electron chi connectivity index (χ3n) is 6.60. The molecule has 0 aliphatic rings. The number of fused-ring (bicyclic) bond motifs is 1. The Labute approximate surface area is 232 Å². The minimum absolute atomic E-state index is 0.291. The lowest BCUT2D eigenvalue weighted by atomic mass is 10.1. The Morgan fingerprint density at radius 2 is 1.85 bits per heavy atom. The largest absolute Gasteiger partial charge is 0.492 e. The third-order valence-corrected chi connectivity index (χ3v) is 6.60. The van der Waals surface area contributed by atoms with E-state index in [4.69, 9.17) is 4.74 Å². The van der Waals surface area contributed by atoms with Gasteiger partial charge in [-0.3, -0.25) is 9.78 Å². The van der Waals surface area contributed by atoms with Gasteiger partial charge in [-0.05, 0) is 58.8 Å². The maximum atomic E-state index is 12.9. The molecule has 4 aromatic rings. The van der Waals surface area contributed by atoms with E-state index in [0.29, 0.717) is 40.6 Å². The quantitative estimate of drug-likeness (QED) is 0.223. The molecule has 3 aromatic heterocycles. The predicted molar refractivity (Wildman–Crippen MR) is 159 cm³/mol. The van der Waals surface area contributed by atoms with E-state index < -0.39 is 0 Å². The highest BCUT2D eigenvalue weighted by Crippen LogP contribution is 2.25. The standard InChI is InChI=1S/C21H19N5O2.C10H23N/c1-3-28-17-9-10-22-12-16(17)24-21(27)15-8-11-23-20-18(15)25-19(26-20)14-6-4-13(2)5-7-14;1-5-8-11(4)9-7-10(3)6-2/h4-12H,3H2,1-2H3,(H,24,27)(H,23,25,26);10H,5-9H2,1-4H3/t;10-/m.1/s1. The lowest BCUT2D eigenvalue weighted by molar-refractivity contribution is 0.102. The molecule has 1 amide bonds. The van der Waals surface area contributed by atoms with E-state index in [1.54, 1.807) is 30.7 Å². The van der Waals surface area contributed by atoms with Crippen LogP contribution in [0, 0.1) is 12.8 Å². The van der Waals surface area contributed by atoms with E-state index >= 15 is 0 Å². The monoisotopic (exact) mass is 530 g/mol. The number of hydrogen-bond acceptors (Lipinski definition) is 6. The molecule has 208 valence electrons. The first kappa shape index (κ1) is 29.8. The van der Waals surface area contributed by atoms with E-state index in [1.165, 1.54) is 37.9 Å². The molecule has 0 saturated carbocycles. The van der Waals surface area contributed by atoms with E-state index in [2.05, 4.69) is 58.0 Å². The van der Waals surface area contributed by atoms with Crippen molar-refractivity contribution in [1.82, 2.24) is 24.8 Å². The van der Waals surface area contributed by atoms with Crippen LogP contribution in [0.3, 0.4) is 0 Å². The molecule has 0 aliphatic carbocycles. The molecule has 1 aromatic carbocycles. The van der Waals surface area contributed by atoms with Gasteiger partial charge in [0.15, 0.2) is 5.65 Å². The SMILES string of the molecule is CCCN(C)CC[C@H](C)CC.CCOc1ccncc1NC(=O)c1ccnc2nc(-c3ccc(C)cc3)[nH]c12. The van der Waals surface area contributed by atoms with Crippen LogP contribution in [0.15, 0.2) is 55.0 Å². The highest BCUT2D eigenvalue weighted by molar-refractivity contribution is 6.11. The van der Waals surface area contributed by atoms with Crippen molar-refractivity contribution in [2.75, 3.05) is 32.1 Å². The number of carbonyl (C=O) groups excluding carboxylic acids is 1. The van der Waals surface area contributed by atoms with Gasteiger partial charge in [0.2, 0.25) is 0 Å². The Bertz CT molecular complexity index is 1320. The zero-order chi connectivity index (χ0) is 28.2. The van der Waals surface area contributed by atoms with Crippen LogP contribution in [0.5, 0.6) is 5.75 Å². The minimum atomic E-state index is -0.291. The smallest absolute Gasteiger partial charge is 0.258 e. The molecular formula is C31H42N6O2. The van der Waals surface area contributed by atoms with Crippen molar-refractivity contribution in [2.24, 2.45) is 5.92 Å². The summed E-state index contributed by atoms with van der Waals surface area (Å²) in [6, 6.07) is 11.4. The van der Waals surface area contributed by atoms with Crippen molar-refractivity contribution >= 4 is 22.8 Å². The summed E-state index contributed by atoms with van der Waals surface area (Å²) in [5.41, 5.74) is 4.12. The van der Waals surface area contributed by atoms with Crippen molar-refractivity contribution in [3.05, 3.63) is 66.1 Å². The number of rotatable bonds is 11. The zero-order valence-corrected chi connectivity index (χ0v) is 24.1. The normalized spacial score (nSPS) is 11.7. The highest BCUT2D eigenvalue weighted by Gasteiger charge is 2.17. The summed E-state index contributed by atoms with van der Waals surface area (Å²) in [5, 5.41) is 2.86. The van der Waals surface area contributed by atoms with Crippen LogP contribution >= 0.6 is 0 Å². The van der Waals surface area contributed by atoms with Crippen LogP contribution in [-0.2, 0) is 0 Å². The molecule has 0 bridgehead atoms. The zero-order valence-electron chi connectivity index (χ0n) is 24.1. The van der Waals surface area contributed by atoms with E-state index in [0.717, 1.165) is 11.5 Å². The number of imidazole rings is 1. The second-order valence-corrected chi connectivity index (χ2v) is 9.87. The Morgan fingerprint density at radius 3 is 2.54 bits per heavy atom. The number of pyridine rings is 2. The first-order chi connectivity index (χ1) is 18.9. The lowest BCUT2D eigenvalue weighted by Gasteiger charge is -2.17. The Balaban J connectivity index is 0.000000325. The Hall–Kier alpha value is -3.78. The molecule has 8 nitrogen and oxygen atoms in total. The molecule has 2 N–H and O–H groups in total. The average Bonchev–Trinajstić information content (AvgIpc) is 3.38. The second-order valence-electron chi connectivity index (χ2n) is 9.87. The van der Waals surface area contributed by atoms with Crippen LogP contribution < -0.4 is 10.1 Å². The molecule has 39 heavy (non-hydrogen) atoms. The van der Waals surface area contributed by atoms with Crippen molar-refractivity contribution in [3.8, 4) is 17.1 Å². The number of ether oxygens (including phenoxy) is 1. The fourth-order valence-electron chi connectivity index (χ4n) is 4.03. The van der Waals surface area contributed by atoms with Gasteiger partial charge in [0.05, 0.1) is 23.9 Å². The molecule has 8 heteroatoms. The molecule has 1 atom stereocenters. The van der Waals surface area contributed by atoms with Crippen LogP contribution in [0.2, 0.25) is 0 Å². The number of H-pyrrole nitrogens is 1. The summed E-state index contributed by atoms with van der Waals surface area (Å²) in [6.07, 6.45) is 8.70. The number of aromatic amines is 1. The fourth-order valence-corrected chi connectivity index (χ4v) is 4.03. The number of aryl methyl sites for hydroxylation is 1. The van der Waals surface area contributed by atoms with Crippen molar-refractivity contribution < 1.29 is 9.53 Å². The van der Waals surface area contributed by atoms with Gasteiger partial charge < -0.3 is 19.9 Å². The van der Waals surface area contributed by atoms with Gasteiger partial charge in [-0.1, -0.05) is 57.0 Å². The number of benzene rings is 1. The number of hydrogen-bond donors (Lipinski definition) is 2. The number of nitrogens with zero attached hydrogens (tertiary/aromatic N) is 4. The Kier molecular flexibility index (Phi) is 11.4. The van der Waals surface area contributed by atoms with Crippen LogP contribution in [0.25, 0.3) is 22.6 Å². The number of nitrogens with one attached hydrogen (secondary N) is 2. The molecule has 0 fully saturated rings. The fraction of sp³-hybridized carbons (Fsp3) is 0.419. The predicted octanol–water partition coefficient (Wildman–Crippen LogP) is 6.74. The number of carbonyl (C=O) groups is 1. The molecule has 4 rings (SSSR count). The van der Waals surface area contributed by atoms with Gasteiger partial charge in [-0.2, -0.15) is 0 Å². The van der Waals surface area contributed by atoms with E-state index in [9.17, 15) is 4.79 Å². The van der Waals surface area contributed by atoms with Crippen LogP contribution in [-0.4, -0.2) is 57.5 Å². The van der Waals surface area contributed by atoms with Gasteiger partial charge >= 0.3 is 0 Å². The van der Waals surface area contributed by atoms with Gasteiger partial charge in [-0.25, -0.2) is 9.97 Å².